The molecule has 0 saturated carbocycles. The van der Waals surface area contributed by atoms with Crippen LogP contribution in [0, 0.1) is 11.3 Å². The summed E-state index contributed by atoms with van der Waals surface area (Å²) in [6.45, 7) is 8.90. The maximum atomic E-state index is 13.2. The van der Waals surface area contributed by atoms with Gasteiger partial charge >= 0.3 is 0 Å². The monoisotopic (exact) mass is 747 g/mol. The Morgan fingerprint density at radius 1 is 0.982 bits per heavy atom. The fourth-order valence-corrected chi connectivity index (χ4v) is 9.59. The Bertz CT molecular complexity index is 1990. The first-order valence-corrected chi connectivity index (χ1v) is 19.8. The number of aromatic nitrogens is 2. The Balaban J connectivity index is 0.766. The summed E-state index contributed by atoms with van der Waals surface area (Å²) in [5.41, 5.74) is 10.9. The Morgan fingerprint density at radius 2 is 1.80 bits per heavy atom. The summed E-state index contributed by atoms with van der Waals surface area (Å²) in [7, 11) is 0. The van der Waals surface area contributed by atoms with Gasteiger partial charge in [0.1, 0.15) is 11.9 Å². The quantitative estimate of drug-likeness (QED) is 0.275. The van der Waals surface area contributed by atoms with Gasteiger partial charge in [0.15, 0.2) is 11.5 Å². The molecular formula is C41H49N9O5. The van der Waals surface area contributed by atoms with Crippen LogP contribution in [-0.4, -0.2) is 108 Å². The molecular weight excluding hydrogens is 699 g/mol. The number of rotatable bonds is 9. The number of carbonyl (C=O) groups is 4. The van der Waals surface area contributed by atoms with Crippen molar-refractivity contribution in [3.63, 3.8) is 0 Å². The molecule has 6 aliphatic heterocycles. The van der Waals surface area contributed by atoms with Gasteiger partial charge in [-0.2, -0.15) is 0 Å². The molecule has 1 spiro atoms. The van der Waals surface area contributed by atoms with Crippen molar-refractivity contribution in [3.05, 3.63) is 71.0 Å². The minimum absolute atomic E-state index is 0.131. The Kier molecular flexibility index (Phi) is 9.41. The molecule has 55 heavy (non-hydrogen) atoms. The number of imide groups is 1. The molecule has 14 heteroatoms. The number of fused-ring (bicyclic) bond motifs is 1. The summed E-state index contributed by atoms with van der Waals surface area (Å²) < 4.78 is 5.53. The van der Waals surface area contributed by atoms with Crippen LogP contribution in [0.3, 0.4) is 0 Å². The first-order valence-electron chi connectivity index (χ1n) is 19.8. The Hall–Kier alpha value is -5.08. The van der Waals surface area contributed by atoms with Crippen molar-refractivity contribution in [2.45, 2.75) is 63.5 Å². The second-order valence-electron chi connectivity index (χ2n) is 16.5. The summed E-state index contributed by atoms with van der Waals surface area (Å²) in [5, 5.41) is 5.71. The number of amides is 4. The van der Waals surface area contributed by atoms with Crippen molar-refractivity contribution < 1.29 is 23.9 Å². The van der Waals surface area contributed by atoms with Crippen LogP contribution in [0.1, 0.15) is 82.8 Å². The van der Waals surface area contributed by atoms with Crippen molar-refractivity contribution in [1.82, 2.24) is 25.1 Å². The predicted octanol–water partition coefficient (Wildman–Crippen LogP) is 3.40. The zero-order valence-corrected chi connectivity index (χ0v) is 31.2. The number of hydrogen-bond donors (Lipinski definition) is 3. The Labute approximate surface area is 320 Å². The highest BCUT2D eigenvalue weighted by atomic mass is 16.5. The molecule has 5 fully saturated rings. The Morgan fingerprint density at radius 3 is 2.55 bits per heavy atom. The van der Waals surface area contributed by atoms with Crippen molar-refractivity contribution >= 4 is 46.6 Å². The minimum Gasteiger partial charge on any atom is -0.380 e. The molecule has 3 aromatic rings. The van der Waals surface area contributed by atoms with Crippen LogP contribution in [0.15, 0.2) is 48.7 Å². The third-order valence-electron chi connectivity index (χ3n) is 12.7. The van der Waals surface area contributed by atoms with E-state index in [0.717, 1.165) is 114 Å². The van der Waals surface area contributed by atoms with Crippen LogP contribution in [0.4, 0.5) is 23.0 Å². The van der Waals surface area contributed by atoms with Gasteiger partial charge in [-0.15, -0.1) is 0 Å². The molecule has 9 rings (SSSR count). The number of piperidine rings is 3. The van der Waals surface area contributed by atoms with Gasteiger partial charge in [-0.25, -0.2) is 9.97 Å². The lowest BCUT2D eigenvalue weighted by molar-refractivity contribution is -0.136. The first-order chi connectivity index (χ1) is 26.7. The standard InChI is InChI=1S/C41H49N9O5/c42-37(52)36-38(45-34(19-43-36)49-14-1-13-41(23-49)24-55-25-41)44-30-4-2-27(3-5-30)28-11-15-47(16-12-28)20-26-10-17-48(21-26)31-6-7-32-29(18-31)22-50(40(32)54)33-8-9-35(51)46-39(33)53/h2-7,18-19,26,28,33H,1,8-17,20-25H2,(H2,42,52)(H,44,45)(H,46,51,53)/t26-,33?/m1/s1. The van der Waals surface area contributed by atoms with Gasteiger partial charge < -0.3 is 35.4 Å². The lowest BCUT2D eigenvalue weighted by Gasteiger charge is -2.48. The maximum Gasteiger partial charge on any atom is 0.271 e. The fraction of sp³-hybridized carbons (Fsp3) is 0.512. The molecule has 5 saturated heterocycles. The van der Waals surface area contributed by atoms with Crippen molar-refractivity contribution in [2.24, 2.45) is 17.1 Å². The predicted molar refractivity (Wildman–Crippen MR) is 206 cm³/mol. The van der Waals surface area contributed by atoms with Gasteiger partial charge in [0.25, 0.3) is 11.8 Å². The van der Waals surface area contributed by atoms with Crippen LogP contribution in [0.25, 0.3) is 0 Å². The van der Waals surface area contributed by atoms with Crippen molar-refractivity contribution in [3.8, 4) is 0 Å². The number of primary amides is 1. The zero-order chi connectivity index (χ0) is 37.7. The molecule has 0 radical (unpaired) electrons. The molecule has 7 heterocycles. The number of nitrogens with one attached hydrogen (secondary N) is 2. The van der Waals surface area contributed by atoms with Gasteiger partial charge in [0.2, 0.25) is 11.8 Å². The number of ether oxygens (including phenoxy) is 1. The third kappa shape index (κ3) is 7.13. The number of benzene rings is 2. The number of nitrogens with zero attached hydrogens (tertiary/aromatic N) is 6. The fourth-order valence-electron chi connectivity index (χ4n) is 9.59. The van der Waals surface area contributed by atoms with E-state index in [1.165, 1.54) is 5.56 Å². The third-order valence-corrected chi connectivity index (χ3v) is 12.7. The summed E-state index contributed by atoms with van der Waals surface area (Å²) >= 11 is 0. The summed E-state index contributed by atoms with van der Waals surface area (Å²) in [6.07, 6.45) is 7.85. The van der Waals surface area contributed by atoms with E-state index in [-0.39, 0.29) is 35.3 Å². The van der Waals surface area contributed by atoms with Gasteiger partial charge in [0.05, 0.1) is 19.4 Å². The van der Waals surface area contributed by atoms with E-state index < -0.39 is 11.9 Å². The minimum atomic E-state index is -0.612. The second-order valence-corrected chi connectivity index (χ2v) is 16.5. The van der Waals surface area contributed by atoms with E-state index in [2.05, 4.69) is 60.6 Å². The highest BCUT2D eigenvalue weighted by Crippen LogP contribution is 2.39. The van der Waals surface area contributed by atoms with Crippen molar-refractivity contribution in [1.29, 1.82) is 0 Å². The summed E-state index contributed by atoms with van der Waals surface area (Å²) in [5.74, 6) is 0.789. The molecule has 2 atom stereocenters. The summed E-state index contributed by atoms with van der Waals surface area (Å²) in [4.78, 5) is 67.6. The molecule has 4 amide bonds. The lowest BCUT2D eigenvalue weighted by Crippen LogP contribution is -2.54. The molecule has 288 valence electrons. The smallest absolute Gasteiger partial charge is 0.271 e. The first kappa shape index (κ1) is 35.6. The molecule has 1 unspecified atom stereocenters. The van der Waals surface area contributed by atoms with Crippen molar-refractivity contribution in [2.75, 3.05) is 74.1 Å². The largest absolute Gasteiger partial charge is 0.380 e. The highest BCUT2D eigenvalue weighted by molar-refractivity contribution is 6.05. The van der Waals surface area contributed by atoms with Gasteiger partial charge in [0, 0.05) is 68.0 Å². The van der Waals surface area contributed by atoms with Crippen LogP contribution < -0.4 is 26.2 Å². The molecule has 0 aliphatic carbocycles. The van der Waals surface area contributed by atoms with Gasteiger partial charge in [-0.05, 0) is 105 Å². The average molecular weight is 748 g/mol. The van der Waals surface area contributed by atoms with Gasteiger partial charge in [-0.3, -0.25) is 24.5 Å². The van der Waals surface area contributed by atoms with E-state index in [1.54, 1.807) is 11.1 Å². The maximum absolute atomic E-state index is 13.2. The van der Waals surface area contributed by atoms with E-state index in [9.17, 15) is 19.2 Å². The summed E-state index contributed by atoms with van der Waals surface area (Å²) in [6, 6.07) is 13.9. The molecule has 14 nitrogen and oxygen atoms in total. The lowest BCUT2D eigenvalue weighted by atomic mass is 9.78. The van der Waals surface area contributed by atoms with Crippen LogP contribution in [0.5, 0.6) is 0 Å². The highest BCUT2D eigenvalue weighted by Gasteiger charge is 2.43. The number of anilines is 4. The molecule has 1 aromatic heterocycles. The molecule has 0 bridgehead atoms. The van der Waals surface area contributed by atoms with E-state index in [0.29, 0.717) is 36.2 Å². The normalized spacial score (nSPS) is 24.2. The van der Waals surface area contributed by atoms with E-state index in [4.69, 9.17) is 15.5 Å². The zero-order valence-electron chi connectivity index (χ0n) is 31.2. The van der Waals surface area contributed by atoms with Crippen LogP contribution in [-0.2, 0) is 20.9 Å². The second kappa shape index (κ2) is 14.5. The number of carbonyl (C=O) groups excluding carboxylic acids is 4. The molecule has 6 aliphatic rings. The van der Waals surface area contributed by atoms with E-state index >= 15 is 0 Å². The molecule has 4 N–H and O–H groups in total. The van der Waals surface area contributed by atoms with Crippen LogP contribution in [0.2, 0.25) is 0 Å². The molecule has 2 aromatic carbocycles. The SMILES string of the molecule is NC(=O)c1ncc(N2CCCC3(COC3)C2)nc1Nc1ccc(C2CCN(C[C@H]3CCN(c4ccc5c(c4)CN(C4CCC(=O)NC4=O)C5=O)C3)CC2)cc1. The van der Waals surface area contributed by atoms with Crippen LogP contribution >= 0.6 is 0 Å². The van der Waals surface area contributed by atoms with E-state index in [1.807, 2.05) is 12.1 Å². The number of likely N-dealkylation sites (tertiary alicyclic amines) is 1. The topological polar surface area (TPSA) is 166 Å². The number of nitrogens with two attached hydrogens (primary N) is 1. The average Bonchev–Trinajstić information content (AvgIpc) is 3.78. The number of hydrogen-bond acceptors (Lipinski definition) is 11. The van der Waals surface area contributed by atoms with Gasteiger partial charge in [-0.1, -0.05) is 12.1 Å².